The van der Waals surface area contributed by atoms with Crippen LogP contribution in [-0.2, 0) is 11.3 Å². The van der Waals surface area contributed by atoms with Crippen molar-refractivity contribution in [2.75, 3.05) is 24.3 Å². The van der Waals surface area contributed by atoms with Crippen molar-refractivity contribution in [2.24, 2.45) is 0 Å². The van der Waals surface area contributed by atoms with Crippen LogP contribution < -0.4 is 10.6 Å². The molecule has 1 aromatic heterocycles. The van der Waals surface area contributed by atoms with Crippen LogP contribution in [0.4, 0.5) is 21.7 Å². The van der Waals surface area contributed by atoms with Crippen molar-refractivity contribution in [3.63, 3.8) is 0 Å². The highest BCUT2D eigenvalue weighted by Crippen LogP contribution is 2.23. The van der Waals surface area contributed by atoms with Gasteiger partial charge in [-0.15, -0.1) is 0 Å². The summed E-state index contributed by atoms with van der Waals surface area (Å²) in [5, 5.41) is 0. The molecule has 0 saturated heterocycles. The number of rotatable bonds is 5. The molecule has 1 aromatic carbocycles. The van der Waals surface area contributed by atoms with Gasteiger partial charge in [0, 0.05) is 25.4 Å². The Hall–Kier alpha value is -2.21. The highest BCUT2D eigenvalue weighted by molar-refractivity contribution is 5.61. The van der Waals surface area contributed by atoms with Crippen LogP contribution in [0.3, 0.4) is 0 Å². The average molecular weight is 276 g/mol. The van der Waals surface area contributed by atoms with Crippen molar-refractivity contribution in [2.45, 2.75) is 13.5 Å². The number of anilines is 3. The lowest BCUT2D eigenvalue weighted by Crippen LogP contribution is -2.14. The average Bonchev–Trinajstić information content (AvgIpc) is 2.44. The standard InChI is InChI=1S/C14H17FN4O/c1-3-20-9-13-17-12(16)8-14(18-13)19(2)11-6-4-10(15)5-7-11/h4-8H,3,9H2,1-2H3,(H2,16,17,18). The van der Waals surface area contributed by atoms with Crippen molar-refractivity contribution in [1.82, 2.24) is 9.97 Å². The van der Waals surface area contributed by atoms with Gasteiger partial charge in [-0.05, 0) is 31.2 Å². The summed E-state index contributed by atoms with van der Waals surface area (Å²) in [5.74, 6) is 1.26. The first-order valence-corrected chi connectivity index (χ1v) is 6.30. The summed E-state index contributed by atoms with van der Waals surface area (Å²) < 4.78 is 18.2. The highest BCUT2D eigenvalue weighted by Gasteiger charge is 2.09. The van der Waals surface area contributed by atoms with Gasteiger partial charge in [-0.2, -0.15) is 0 Å². The van der Waals surface area contributed by atoms with Gasteiger partial charge in [0.05, 0.1) is 0 Å². The Labute approximate surface area is 117 Å². The fourth-order valence-corrected chi connectivity index (χ4v) is 1.73. The maximum absolute atomic E-state index is 12.9. The van der Waals surface area contributed by atoms with E-state index in [1.807, 2.05) is 18.9 Å². The molecule has 1 heterocycles. The molecule has 0 aliphatic rings. The Kier molecular flexibility index (Phi) is 4.47. The molecule has 2 rings (SSSR count). The van der Waals surface area contributed by atoms with Gasteiger partial charge in [0.1, 0.15) is 24.1 Å². The Morgan fingerprint density at radius 3 is 2.60 bits per heavy atom. The third-order valence-electron chi connectivity index (χ3n) is 2.77. The zero-order chi connectivity index (χ0) is 14.5. The number of nitrogens with two attached hydrogens (primary N) is 1. The van der Waals surface area contributed by atoms with E-state index >= 15 is 0 Å². The number of benzene rings is 1. The van der Waals surface area contributed by atoms with Crippen molar-refractivity contribution >= 4 is 17.3 Å². The van der Waals surface area contributed by atoms with Crippen molar-refractivity contribution in [3.8, 4) is 0 Å². The molecule has 2 N–H and O–H groups in total. The van der Waals surface area contributed by atoms with Gasteiger partial charge in [0.2, 0.25) is 0 Å². The molecule has 0 atom stereocenters. The minimum absolute atomic E-state index is 0.276. The molecule has 0 aliphatic carbocycles. The SMILES string of the molecule is CCOCc1nc(N)cc(N(C)c2ccc(F)cc2)n1. The normalized spacial score (nSPS) is 10.6. The van der Waals surface area contributed by atoms with Gasteiger partial charge >= 0.3 is 0 Å². The van der Waals surface area contributed by atoms with Crippen LogP contribution in [-0.4, -0.2) is 23.6 Å². The smallest absolute Gasteiger partial charge is 0.158 e. The predicted molar refractivity (Wildman–Crippen MR) is 76.2 cm³/mol. The largest absolute Gasteiger partial charge is 0.384 e. The number of hydrogen-bond acceptors (Lipinski definition) is 5. The van der Waals surface area contributed by atoms with Gasteiger partial charge in [0.15, 0.2) is 5.82 Å². The molecule has 5 nitrogen and oxygen atoms in total. The number of hydrogen-bond donors (Lipinski definition) is 1. The summed E-state index contributed by atoms with van der Waals surface area (Å²) in [7, 11) is 1.83. The molecule has 0 amide bonds. The maximum Gasteiger partial charge on any atom is 0.158 e. The lowest BCUT2D eigenvalue weighted by Gasteiger charge is -2.19. The fraction of sp³-hybridized carbons (Fsp3) is 0.286. The molecule has 0 fully saturated rings. The second kappa shape index (κ2) is 6.29. The van der Waals surface area contributed by atoms with Crippen LogP contribution in [0.2, 0.25) is 0 Å². The molecule has 0 bridgehead atoms. The first-order chi connectivity index (χ1) is 9.60. The molecular formula is C14H17FN4O. The van der Waals surface area contributed by atoms with E-state index in [0.29, 0.717) is 30.7 Å². The number of nitrogens with zero attached hydrogens (tertiary/aromatic N) is 3. The quantitative estimate of drug-likeness (QED) is 0.909. The topological polar surface area (TPSA) is 64.3 Å². The van der Waals surface area contributed by atoms with Gasteiger partial charge < -0.3 is 15.4 Å². The summed E-state index contributed by atoms with van der Waals surface area (Å²) in [6.07, 6.45) is 0. The highest BCUT2D eigenvalue weighted by atomic mass is 19.1. The third kappa shape index (κ3) is 3.42. The van der Waals surface area contributed by atoms with Crippen LogP contribution >= 0.6 is 0 Å². The van der Waals surface area contributed by atoms with E-state index in [-0.39, 0.29) is 5.82 Å². The van der Waals surface area contributed by atoms with Crippen molar-refractivity contribution < 1.29 is 9.13 Å². The molecule has 20 heavy (non-hydrogen) atoms. The van der Waals surface area contributed by atoms with Gasteiger partial charge in [-0.25, -0.2) is 14.4 Å². The predicted octanol–water partition coefficient (Wildman–Crippen LogP) is 2.50. The maximum atomic E-state index is 12.9. The monoisotopic (exact) mass is 276 g/mol. The summed E-state index contributed by atoms with van der Waals surface area (Å²) in [5.41, 5.74) is 6.59. The first-order valence-electron chi connectivity index (χ1n) is 6.30. The molecule has 0 saturated carbocycles. The Morgan fingerprint density at radius 2 is 1.95 bits per heavy atom. The van der Waals surface area contributed by atoms with Crippen molar-refractivity contribution in [1.29, 1.82) is 0 Å². The summed E-state index contributed by atoms with van der Waals surface area (Å²) >= 11 is 0. The van der Waals surface area contributed by atoms with E-state index in [1.54, 1.807) is 18.2 Å². The van der Waals surface area contributed by atoms with Gasteiger partial charge in [0.25, 0.3) is 0 Å². The van der Waals surface area contributed by atoms with Crippen LogP contribution in [0, 0.1) is 5.82 Å². The molecule has 0 spiro atoms. The molecule has 2 aromatic rings. The third-order valence-corrected chi connectivity index (χ3v) is 2.77. The van der Waals surface area contributed by atoms with E-state index in [9.17, 15) is 4.39 Å². The second-order valence-electron chi connectivity index (χ2n) is 4.24. The van der Waals surface area contributed by atoms with E-state index in [4.69, 9.17) is 10.5 Å². The lowest BCUT2D eigenvalue weighted by molar-refractivity contribution is 0.128. The van der Waals surface area contributed by atoms with Crippen LogP contribution in [0.25, 0.3) is 0 Å². The molecular weight excluding hydrogens is 259 g/mol. The van der Waals surface area contributed by atoms with E-state index < -0.39 is 0 Å². The Morgan fingerprint density at radius 1 is 1.25 bits per heavy atom. The number of halogens is 1. The number of nitrogen functional groups attached to an aromatic ring is 1. The zero-order valence-electron chi connectivity index (χ0n) is 11.5. The van der Waals surface area contributed by atoms with Gasteiger partial charge in [-0.3, -0.25) is 0 Å². The van der Waals surface area contributed by atoms with E-state index in [2.05, 4.69) is 9.97 Å². The summed E-state index contributed by atoms with van der Waals surface area (Å²) in [4.78, 5) is 10.3. The minimum Gasteiger partial charge on any atom is -0.384 e. The molecule has 0 aliphatic heterocycles. The molecule has 6 heteroatoms. The second-order valence-corrected chi connectivity index (χ2v) is 4.24. The van der Waals surface area contributed by atoms with Crippen molar-refractivity contribution in [3.05, 3.63) is 42.0 Å². The van der Waals surface area contributed by atoms with E-state index in [0.717, 1.165) is 5.69 Å². The van der Waals surface area contributed by atoms with Crippen LogP contribution in [0.1, 0.15) is 12.7 Å². The first kappa shape index (κ1) is 14.2. The minimum atomic E-state index is -0.276. The molecule has 0 unspecified atom stereocenters. The van der Waals surface area contributed by atoms with Crippen LogP contribution in [0.15, 0.2) is 30.3 Å². The fourth-order valence-electron chi connectivity index (χ4n) is 1.73. The molecule has 106 valence electrons. The molecule has 0 radical (unpaired) electrons. The zero-order valence-corrected chi connectivity index (χ0v) is 11.5. The number of aromatic nitrogens is 2. The number of ether oxygens (including phenoxy) is 1. The van der Waals surface area contributed by atoms with Crippen LogP contribution in [0.5, 0.6) is 0 Å². The lowest BCUT2D eigenvalue weighted by atomic mass is 10.3. The van der Waals surface area contributed by atoms with Gasteiger partial charge in [-0.1, -0.05) is 0 Å². The summed E-state index contributed by atoms with van der Waals surface area (Å²) in [6.45, 7) is 2.80. The van der Waals surface area contributed by atoms with E-state index in [1.165, 1.54) is 12.1 Å². The Balaban J connectivity index is 2.26. The summed E-state index contributed by atoms with van der Waals surface area (Å²) in [6, 6.07) is 7.82. The Bertz CT molecular complexity index is 574.